The molecule has 6 nitrogen and oxygen atoms in total. The van der Waals surface area contributed by atoms with Gasteiger partial charge < -0.3 is 20.7 Å². The second-order valence-corrected chi connectivity index (χ2v) is 7.66. The summed E-state index contributed by atoms with van der Waals surface area (Å²) < 4.78 is 5.75. The summed E-state index contributed by atoms with van der Waals surface area (Å²) in [6.45, 7) is 6.19. The summed E-state index contributed by atoms with van der Waals surface area (Å²) >= 11 is 0. The van der Waals surface area contributed by atoms with Crippen molar-refractivity contribution in [3.8, 4) is 5.75 Å². The van der Waals surface area contributed by atoms with Gasteiger partial charge in [-0.1, -0.05) is 24.6 Å². The lowest BCUT2D eigenvalue weighted by Gasteiger charge is -2.13. The third-order valence-electron chi connectivity index (χ3n) is 4.93. The fourth-order valence-corrected chi connectivity index (χ4v) is 2.98. The average Bonchev–Trinajstić information content (AvgIpc) is 2.80. The maximum atomic E-state index is 12.3. The number of amides is 2. The molecular weight excluding hydrogens is 402 g/mol. The van der Waals surface area contributed by atoms with E-state index in [-0.39, 0.29) is 24.5 Å². The number of carbonyl (C=O) groups is 2. The van der Waals surface area contributed by atoms with E-state index in [2.05, 4.69) is 22.9 Å². The number of hydrogen-bond donors (Lipinski definition) is 3. The summed E-state index contributed by atoms with van der Waals surface area (Å²) in [5, 5.41) is 8.79. The summed E-state index contributed by atoms with van der Waals surface area (Å²) in [7, 11) is 0. The minimum absolute atomic E-state index is 0.136. The van der Waals surface area contributed by atoms with Crippen molar-refractivity contribution in [1.29, 1.82) is 0 Å². The molecule has 3 N–H and O–H groups in total. The first kappa shape index (κ1) is 22.9. The molecule has 0 spiro atoms. The van der Waals surface area contributed by atoms with Gasteiger partial charge in [0, 0.05) is 22.6 Å². The molecule has 0 aliphatic rings. The molecule has 1 unspecified atom stereocenters. The maximum absolute atomic E-state index is 12.3. The van der Waals surface area contributed by atoms with Crippen molar-refractivity contribution in [2.24, 2.45) is 0 Å². The first-order chi connectivity index (χ1) is 15.4. The second-order valence-electron chi connectivity index (χ2n) is 7.66. The van der Waals surface area contributed by atoms with Crippen molar-refractivity contribution in [2.45, 2.75) is 33.3 Å². The van der Waals surface area contributed by atoms with Crippen LogP contribution >= 0.6 is 0 Å². The first-order valence-electron chi connectivity index (χ1n) is 10.7. The summed E-state index contributed by atoms with van der Waals surface area (Å²) in [6, 6.07) is 22.0. The van der Waals surface area contributed by atoms with E-state index in [1.54, 1.807) is 30.3 Å². The summed E-state index contributed by atoms with van der Waals surface area (Å²) in [4.78, 5) is 24.6. The molecular formula is C26H29N3O3. The van der Waals surface area contributed by atoms with Crippen LogP contribution in [0.3, 0.4) is 0 Å². The van der Waals surface area contributed by atoms with Gasteiger partial charge in [-0.3, -0.25) is 9.59 Å². The zero-order chi connectivity index (χ0) is 22.9. The number of carbonyl (C=O) groups excluding carboxylic acids is 2. The molecule has 0 aliphatic carbocycles. The van der Waals surface area contributed by atoms with Crippen molar-refractivity contribution in [3.63, 3.8) is 0 Å². The molecule has 3 aromatic rings. The number of nitrogens with one attached hydrogen (secondary N) is 3. The van der Waals surface area contributed by atoms with E-state index < -0.39 is 0 Å². The van der Waals surface area contributed by atoms with Crippen LogP contribution in [0.25, 0.3) is 0 Å². The monoisotopic (exact) mass is 431 g/mol. The molecule has 2 amide bonds. The third-order valence-corrected chi connectivity index (χ3v) is 4.93. The van der Waals surface area contributed by atoms with Crippen LogP contribution in [0.2, 0.25) is 0 Å². The molecule has 6 heteroatoms. The van der Waals surface area contributed by atoms with E-state index in [1.807, 2.05) is 56.3 Å². The molecule has 3 aromatic carbocycles. The largest absolute Gasteiger partial charge is 0.491 e. The fraction of sp³-hybridized carbons (Fsp3) is 0.231. The van der Waals surface area contributed by atoms with Crippen molar-refractivity contribution < 1.29 is 14.3 Å². The summed E-state index contributed by atoms with van der Waals surface area (Å²) in [5.74, 6) is 0.473. The zero-order valence-corrected chi connectivity index (χ0v) is 18.6. The standard InChI is InChI=1S/C26H29N3O3/c1-4-19(3)32-24-14-12-21(13-15-24)27-17-25(30)28-22-8-10-23(11-9-22)29-26(31)20-7-5-6-18(2)16-20/h5-16,19,27H,4,17H2,1-3H3,(H,28,30)(H,29,31). The smallest absolute Gasteiger partial charge is 0.255 e. The SMILES string of the molecule is CCC(C)Oc1ccc(NCC(=O)Nc2ccc(NC(=O)c3cccc(C)c3)cc2)cc1. The Labute approximate surface area is 189 Å². The van der Waals surface area contributed by atoms with Gasteiger partial charge in [-0.2, -0.15) is 0 Å². The Morgan fingerprint density at radius 1 is 0.875 bits per heavy atom. The van der Waals surface area contributed by atoms with Gasteiger partial charge in [-0.15, -0.1) is 0 Å². The van der Waals surface area contributed by atoms with Gasteiger partial charge in [0.1, 0.15) is 5.75 Å². The van der Waals surface area contributed by atoms with Gasteiger partial charge in [0.15, 0.2) is 0 Å². The van der Waals surface area contributed by atoms with Crippen LogP contribution in [0.4, 0.5) is 17.1 Å². The minimum atomic E-state index is -0.171. The van der Waals surface area contributed by atoms with Crippen LogP contribution in [0.15, 0.2) is 72.8 Å². The molecule has 1 atom stereocenters. The van der Waals surface area contributed by atoms with Gasteiger partial charge in [0.25, 0.3) is 5.91 Å². The third kappa shape index (κ3) is 6.87. The van der Waals surface area contributed by atoms with Gasteiger partial charge in [-0.05, 0) is 80.9 Å². The van der Waals surface area contributed by atoms with Crippen LogP contribution in [0.1, 0.15) is 36.2 Å². The predicted octanol–water partition coefficient (Wildman–Crippen LogP) is 5.48. The van der Waals surface area contributed by atoms with Gasteiger partial charge in [-0.25, -0.2) is 0 Å². The van der Waals surface area contributed by atoms with Gasteiger partial charge in [0.2, 0.25) is 5.91 Å². The number of hydrogen-bond acceptors (Lipinski definition) is 4. The number of benzene rings is 3. The van der Waals surface area contributed by atoms with Crippen LogP contribution in [-0.2, 0) is 4.79 Å². The minimum Gasteiger partial charge on any atom is -0.491 e. The van der Waals surface area contributed by atoms with Crippen molar-refractivity contribution >= 4 is 28.9 Å². The Morgan fingerprint density at radius 2 is 1.50 bits per heavy atom. The van der Waals surface area contributed by atoms with Crippen LogP contribution in [0, 0.1) is 6.92 Å². The van der Waals surface area contributed by atoms with E-state index in [9.17, 15) is 9.59 Å². The summed E-state index contributed by atoms with van der Waals surface area (Å²) in [6.07, 6.45) is 1.11. The molecule has 0 aromatic heterocycles. The Kier molecular flexibility index (Phi) is 7.86. The van der Waals surface area contributed by atoms with Crippen molar-refractivity contribution in [2.75, 3.05) is 22.5 Å². The lowest BCUT2D eigenvalue weighted by Crippen LogP contribution is -2.21. The molecule has 0 saturated heterocycles. The Bertz CT molecular complexity index is 1050. The van der Waals surface area contributed by atoms with Crippen LogP contribution in [-0.4, -0.2) is 24.5 Å². The average molecular weight is 432 g/mol. The van der Waals surface area contributed by atoms with Gasteiger partial charge >= 0.3 is 0 Å². The second kappa shape index (κ2) is 11.0. The van der Waals surface area contributed by atoms with Gasteiger partial charge in [0.05, 0.1) is 12.6 Å². The Hall–Kier alpha value is -3.80. The fourth-order valence-electron chi connectivity index (χ4n) is 2.98. The van der Waals surface area contributed by atoms with E-state index in [0.29, 0.717) is 16.9 Å². The number of aryl methyl sites for hydroxylation is 1. The molecule has 0 saturated carbocycles. The normalized spacial score (nSPS) is 11.3. The van der Waals surface area contributed by atoms with Crippen molar-refractivity contribution in [1.82, 2.24) is 0 Å². The van der Waals surface area contributed by atoms with Crippen molar-refractivity contribution in [3.05, 3.63) is 83.9 Å². The number of anilines is 3. The molecule has 166 valence electrons. The Morgan fingerprint density at radius 3 is 2.12 bits per heavy atom. The van der Waals surface area contributed by atoms with E-state index >= 15 is 0 Å². The van der Waals surface area contributed by atoms with E-state index in [0.717, 1.165) is 23.4 Å². The highest BCUT2D eigenvalue weighted by Crippen LogP contribution is 2.18. The first-order valence-corrected chi connectivity index (χ1v) is 10.7. The number of rotatable bonds is 9. The quantitative estimate of drug-likeness (QED) is 0.419. The molecule has 0 aliphatic heterocycles. The lowest BCUT2D eigenvalue weighted by molar-refractivity contribution is -0.114. The molecule has 0 fully saturated rings. The van der Waals surface area contributed by atoms with E-state index in [1.165, 1.54) is 0 Å². The van der Waals surface area contributed by atoms with Crippen LogP contribution < -0.4 is 20.7 Å². The molecule has 3 rings (SSSR count). The van der Waals surface area contributed by atoms with E-state index in [4.69, 9.17) is 4.74 Å². The summed E-state index contributed by atoms with van der Waals surface area (Å²) in [5.41, 5.74) is 3.79. The Balaban J connectivity index is 1.46. The predicted molar refractivity (Wildman–Crippen MR) is 130 cm³/mol. The highest BCUT2D eigenvalue weighted by Gasteiger charge is 2.07. The topological polar surface area (TPSA) is 79.5 Å². The van der Waals surface area contributed by atoms with Crippen LogP contribution in [0.5, 0.6) is 5.75 Å². The zero-order valence-electron chi connectivity index (χ0n) is 18.6. The highest BCUT2D eigenvalue weighted by atomic mass is 16.5. The molecule has 0 radical (unpaired) electrons. The highest BCUT2D eigenvalue weighted by molar-refractivity contribution is 6.04. The number of ether oxygens (including phenoxy) is 1. The maximum Gasteiger partial charge on any atom is 0.255 e. The molecule has 0 heterocycles. The molecule has 0 bridgehead atoms. The lowest BCUT2D eigenvalue weighted by atomic mass is 10.1. The molecule has 32 heavy (non-hydrogen) atoms.